The fraction of sp³-hybridized carbons (Fsp3) is 0.867. The first kappa shape index (κ1) is 15.3. The average Bonchev–Trinajstić information content (AvgIpc) is 2.82. The highest BCUT2D eigenvalue weighted by Gasteiger charge is 2.55. The van der Waals surface area contributed by atoms with Crippen molar-refractivity contribution in [3.05, 3.63) is 0 Å². The van der Waals surface area contributed by atoms with E-state index < -0.39 is 0 Å². The van der Waals surface area contributed by atoms with Crippen LogP contribution in [0.15, 0.2) is 0 Å². The van der Waals surface area contributed by atoms with E-state index in [1.165, 1.54) is 7.11 Å². The van der Waals surface area contributed by atoms with Gasteiger partial charge in [0.15, 0.2) is 0 Å². The Morgan fingerprint density at radius 2 is 2.10 bits per heavy atom. The van der Waals surface area contributed by atoms with Crippen LogP contribution in [0, 0.1) is 11.3 Å². The zero-order valence-corrected chi connectivity index (χ0v) is 13.0. The molecule has 1 aliphatic heterocycles. The van der Waals surface area contributed by atoms with Gasteiger partial charge in [-0.3, -0.25) is 14.5 Å². The van der Waals surface area contributed by atoms with Crippen molar-refractivity contribution in [1.82, 2.24) is 10.2 Å². The second kappa shape index (κ2) is 5.35. The van der Waals surface area contributed by atoms with Gasteiger partial charge in [-0.2, -0.15) is 0 Å². The van der Waals surface area contributed by atoms with Gasteiger partial charge in [-0.25, -0.2) is 0 Å². The highest BCUT2D eigenvalue weighted by Crippen LogP contribution is 2.49. The number of hydrogen-bond acceptors (Lipinski definition) is 4. The third-order valence-corrected chi connectivity index (χ3v) is 4.41. The molecule has 0 unspecified atom stereocenters. The quantitative estimate of drug-likeness (QED) is 0.790. The van der Waals surface area contributed by atoms with Crippen LogP contribution in [0.2, 0.25) is 0 Å². The minimum atomic E-state index is -0.364. The molecule has 1 amide bonds. The van der Waals surface area contributed by atoms with Gasteiger partial charge in [0.1, 0.15) is 0 Å². The molecular weight excluding hydrogens is 256 g/mol. The second-order valence-electron chi connectivity index (χ2n) is 7.20. The molecule has 5 nitrogen and oxygen atoms in total. The standard InChI is InChI=1S/C15H26N2O3/c1-14(2,3)16-12(18)9-17-8-11-6-5-7-15(11,10-17)13(19)20-4/h11H,5-10H2,1-4H3,(H,16,18)/t11-,15+/m1/s1. The maximum absolute atomic E-state index is 12.1. The molecule has 1 heterocycles. The van der Waals surface area contributed by atoms with Gasteiger partial charge in [-0.15, -0.1) is 0 Å². The molecule has 0 aromatic heterocycles. The van der Waals surface area contributed by atoms with Crippen molar-refractivity contribution in [3.63, 3.8) is 0 Å². The Labute approximate surface area is 121 Å². The lowest BCUT2D eigenvalue weighted by Crippen LogP contribution is -2.46. The second-order valence-corrected chi connectivity index (χ2v) is 7.20. The topological polar surface area (TPSA) is 58.6 Å². The van der Waals surface area contributed by atoms with Crippen LogP contribution in [0.25, 0.3) is 0 Å². The number of carbonyl (C=O) groups excluding carboxylic acids is 2. The number of nitrogens with one attached hydrogen (secondary N) is 1. The number of likely N-dealkylation sites (tertiary alicyclic amines) is 1. The summed E-state index contributed by atoms with van der Waals surface area (Å²) in [5.41, 5.74) is -0.580. The van der Waals surface area contributed by atoms with Crippen LogP contribution in [0.5, 0.6) is 0 Å². The van der Waals surface area contributed by atoms with E-state index in [9.17, 15) is 9.59 Å². The highest BCUT2D eigenvalue weighted by atomic mass is 16.5. The van der Waals surface area contributed by atoms with Crippen molar-refractivity contribution >= 4 is 11.9 Å². The molecule has 0 radical (unpaired) electrons. The van der Waals surface area contributed by atoms with Gasteiger partial charge in [0.25, 0.3) is 0 Å². The van der Waals surface area contributed by atoms with Gasteiger partial charge in [-0.1, -0.05) is 6.42 Å². The van der Waals surface area contributed by atoms with Gasteiger partial charge in [0.2, 0.25) is 5.91 Å². The molecule has 5 heteroatoms. The predicted octanol–water partition coefficient (Wildman–Crippen LogP) is 1.18. The first-order valence-corrected chi connectivity index (χ1v) is 7.39. The van der Waals surface area contributed by atoms with Gasteiger partial charge in [0, 0.05) is 18.6 Å². The molecule has 0 bridgehead atoms. The number of amides is 1. The van der Waals surface area contributed by atoms with Crippen molar-refractivity contribution in [2.45, 2.75) is 45.6 Å². The Balaban J connectivity index is 1.98. The fourth-order valence-electron chi connectivity index (χ4n) is 3.71. The van der Waals surface area contributed by atoms with Gasteiger partial charge >= 0.3 is 5.97 Å². The van der Waals surface area contributed by atoms with E-state index in [2.05, 4.69) is 10.2 Å². The highest BCUT2D eigenvalue weighted by molar-refractivity contribution is 5.80. The molecule has 0 aromatic carbocycles. The summed E-state index contributed by atoms with van der Waals surface area (Å²) in [7, 11) is 1.46. The number of ether oxygens (including phenoxy) is 1. The van der Waals surface area contributed by atoms with Crippen LogP contribution in [-0.2, 0) is 14.3 Å². The Bertz CT molecular complexity index is 402. The molecule has 1 N–H and O–H groups in total. The minimum absolute atomic E-state index is 0.0255. The Hall–Kier alpha value is -1.10. The summed E-state index contributed by atoms with van der Waals surface area (Å²) >= 11 is 0. The van der Waals surface area contributed by atoms with Crippen molar-refractivity contribution in [2.24, 2.45) is 11.3 Å². The monoisotopic (exact) mass is 282 g/mol. The Morgan fingerprint density at radius 3 is 2.70 bits per heavy atom. The fourth-order valence-corrected chi connectivity index (χ4v) is 3.71. The normalized spacial score (nSPS) is 30.1. The summed E-state index contributed by atoms with van der Waals surface area (Å²) in [6, 6.07) is 0. The molecule has 1 saturated heterocycles. The van der Waals surface area contributed by atoms with E-state index in [0.717, 1.165) is 25.8 Å². The number of nitrogens with zero attached hydrogens (tertiary/aromatic N) is 1. The number of hydrogen-bond donors (Lipinski definition) is 1. The third-order valence-electron chi connectivity index (χ3n) is 4.41. The molecule has 1 aliphatic carbocycles. The van der Waals surface area contributed by atoms with E-state index in [1.807, 2.05) is 20.8 Å². The van der Waals surface area contributed by atoms with Crippen LogP contribution < -0.4 is 5.32 Å². The first-order valence-electron chi connectivity index (χ1n) is 7.39. The lowest BCUT2D eigenvalue weighted by molar-refractivity contribution is -0.153. The molecule has 2 atom stereocenters. The van der Waals surface area contributed by atoms with Crippen LogP contribution in [-0.4, -0.2) is 49.1 Å². The third kappa shape index (κ3) is 2.97. The summed E-state index contributed by atoms with van der Waals surface area (Å²) in [4.78, 5) is 26.2. The van der Waals surface area contributed by atoms with Gasteiger partial charge in [-0.05, 0) is 39.5 Å². The predicted molar refractivity (Wildman–Crippen MR) is 76.1 cm³/mol. The minimum Gasteiger partial charge on any atom is -0.469 e. The number of fused-ring (bicyclic) bond motifs is 1. The van der Waals surface area contributed by atoms with Crippen LogP contribution in [0.4, 0.5) is 0 Å². The molecule has 2 fully saturated rings. The average molecular weight is 282 g/mol. The van der Waals surface area contributed by atoms with E-state index >= 15 is 0 Å². The maximum atomic E-state index is 12.1. The number of esters is 1. The molecule has 0 spiro atoms. The summed E-state index contributed by atoms with van der Waals surface area (Å²) in [6.07, 6.45) is 3.04. The molecule has 2 aliphatic rings. The smallest absolute Gasteiger partial charge is 0.313 e. The molecule has 1 saturated carbocycles. The Kier molecular flexibility index (Phi) is 4.09. The number of methoxy groups -OCH3 is 1. The van der Waals surface area contributed by atoms with Crippen LogP contribution in [0.1, 0.15) is 40.0 Å². The lowest BCUT2D eigenvalue weighted by Gasteiger charge is -2.26. The Morgan fingerprint density at radius 1 is 1.40 bits per heavy atom. The first-order chi connectivity index (χ1) is 9.27. The van der Waals surface area contributed by atoms with E-state index in [4.69, 9.17) is 4.74 Å². The lowest BCUT2D eigenvalue weighted by atomic mass is 9.81. The summed E-state index contributed by atoms with van der Waals surface area (Å²) < 4.78 is 5.01. The number of carbonyl (C=O) groups is 2. The molecule has 2 rings (SSSR count). The van der Waals surface area contributed by atoms with E-state index in [0.29, 0.717) is 19.0 Å². The summed E-state index contributed by atoms with van der Waals surface area (Å²) in [5.74, 6) is 0.272. The van der Waals surface area contributed by atoms with Crippen molar-refractivity contribution in [3.8, 4) is 0 Å². The zero-order chi connectivity index (χ0) is 15.0. The van der Waals surface area contributed by atoms with Gasteiger partial charge in [0.05, 0.1) is 19.1 Å². The summed E-state index contributed by atoms with van der Waals surface area (Å²) in [5, 5.41) is 2.97. The van der Waals surface area contributed by atoms with E-state index in [-0.39, 0.29) is 22.8 Å². The SMILES string of the molecule is COC(=O)[C@]12CCC[C@@H]1CN(CC(=O)NC(C)(C)C)C2. The van der Waals surface area contributed by atoms with Gasteiger partial charge < -0.3 is 10.1 Å². The van der Waals surface area contributed by atoms with Crippen molar-refractivity contribution < 1.29 is 14.3 Å². The van der Waals surface area contributed by atoms with Crippen LogP contribution in [0.3, 0.4) is 0 Å². The van der Waals surface area contributed by atoms with E-state index in [1.54, 1.807) is 0 Å². The largest absolute Gasteiger partial charge is 0.469 e. The van der Waals surface area contributed by atoms with Crippen LogP contribution >= 0.6 is 0 Å². The zero-order valence-electron chi connectivity index (χ0n) is 13.0. The van der Waals surface area contributed by atoms with Crippen molar-refractivity contribution in [1.29, 1.82) is 0 Å². The molecule has 114 valence electrons. The summed E-state index contributed by atoms with van der Waals surface area (Å²) in [6.45, 7) is 7.76. The molecule has 0 aromatic rings. The molecular formula is C15H26N2O3. The number of rotatable bonds is 3. The maximum Gasteiger partial charge on any atom is 0.313 e. The van der Waals surface area contributed by atoms with Crippen molar-refractivity contribution in [2.75, 3.05) is 26.7 Å². The molecule has 20 heavy (non-hydrogen) atoms.